The van der Waals surface area contributed by atoms with E-state index in [-0.39, 0.29) is 19.2 Å². The number of nitrogens with one attached hydrogen (secondary N) is 2. The van der Waals surface area contributed by atoms with Gasteiger partial charge in [0, 0.05) is 37.9 Å². The quantitative estimate of drug-likeness (QED) is 0.785. The van der Waals surface area contributed by atoms with Crippen molar-refractivity contribution in [2.75, 3.05) is 44.8 Å². The molecule has 2 aliphatic rings. The Hall–Kier alpha value is -3.11. The zero-order chi connectivity index (χ0) is 20.2. The number of ether oxygens (including phenoxy) is 2. The summed E-state index contributed by atoms with van der Waals surface area (Å²) in [6.45, 7) is 2.49. The maximum absolute atomic E-state index is 12.3. The Morgan fingerprint density at radius 1 is 1.03 bits per heavy atom. The number of rotatable bonds is 4. The first-order chi connectivity index (χ1) is 14.1. The first-order valence-electron chi connectivity index (χ1n) is 9.14. The van der Waals surface area contributed by atoms with Gasteiger partial charge < -0.3 is 19.7 Å². The molecule has 29 heavy (non-hydrogen) atoms. The number of imide groups is 1. The van der Waals surface area contributed by atoms with Crippen LogP contribution in [0.2, 0.25) is 0 Å². The Morgan fingerprint density at radius 3 is 2.59 bits per heavy atom. The van der Waals surface area contributed by atoms with Crippen molar-refractivity contribution in [1.29, 1.82) is 0 Å². The number of hydrogen-bond donors (Lipinski definition) is 2. The molecule has 0 spiro atoms. The maximum atomic E-state index is 12.3. The first-order valence-corrected chi connectivity index (χ1v) is 10.0. The lowest BCUT2D eigenvalue weighted by Gasteiger charge is -2.34. The molecular weight excluding hydrogens is 396 g/mol. The van der Waals surface area contributed by atoms with Crippen LogP contribution < -0.4 is 20.1 Å². The van der Waals surface area contributed by atoms with Gasteiger partial charge in [0.1, 0.15) is 0 Å². The van der Waals surface area contributed by atoms with E-state index in [1.807, 2.05) is 22.4 Å². The van der Waals surface area contributed by atoms with Crippen LogP contribution >= 0.6 is 11.3 Å². The van der Waals surface area contributed by atoms with Crippen molar-refractivity contribution in [1.82, 2.24) is 15.1 Å². The third-order valence-electron chi connectivity index (χ3n) is 4.64. The van der Waals surface area contributed by atoms with Gasteiger partial charge in [0.2, 0.25) is 12.7 Å². The molecule has 152 valence electrons. The minimum absolute atomic E-state index is 0.0206. The second kappa shape index (κ2) is 8.50. The molecule has 4 amide bonds. The number of anilines is 1. The lowest BCUT2D eigenvalue weighted by molar-refractivity contribution is -0.121. The van der Waals surface area contributed by atoms with Crippen LogP contribution in [0.25, 0.3) is 0 Å². The van der Waals surface area contributed by atoms with Crippen molar-refractivity contribution in [2.24, 2.45) is 0 Å². The monoisotopic (exact) mass is 416 g/mol. The molecule has 0 bridgehead atoms. The van der Waals surface area contributed by atoms with Gasteiger partial charge in [-0.3, -0.25) is 19.8 Å². The molecule has 1 fully saturated rings. The molecule has 3 heterocycles. The molecular formula is C19H20N4O5S. The number of carbonyl (C=O) groups is 3. The van der Waals surface area contributed by atoms with Crippen molar-refractivity contribution < 1.29 is 23.9 Å². The van der Waals surface area contributed by atoms with Crippen molar-refractivity contribution in [3.05, 3.63) is 40.6 Å². The summed E-state index contributed by atoms with van der Waals surface area (Å²) in [6, 6.07) is 8.05. The van der Waals surface area contributed by atoms with E-state index in [0.717, 1.165) is 4.88 Å². The molecule has 1 saturated heterocycles. The molecule has 10 heteroatoms. The van der Waals surface area contributed by atoms with Gasteiger partial charge in [-0.1, -0.05) is 6.07 Å². The molecule has 1 aromatic heterocycles. The van der Waals surface area contributed by atoms with Crippen molar-refractivity contribution >= 4 is 34.9 Å². The molecule has 2 aromatic rings. The Balaban J connectivity index is 1.21. The van der Waals surface area contributed by atoms with E-state index in [2.05, 4.69) is 10.6 Å². The highest BCUT2D eigenvalue weighted by Crippen LogP contribution is 2.34. The zero-order valence-corrected chi connectivity index (χ0v) is 16.4. The van der Waals surface area contributed by atoms with E-state index < -0.39 is 11.9 Å². The third-order valence-corrected chi connectivity index (χ3v) is 5.50. The molecule has 0 aliphatic carbocycles. The van der Waals surface area contributed by atoms with Crippen LogP contribution in [-0.4, -0.2) is 67.2 Å². The Kier molecular flexibility index (Phi) is 5.63. The summed E-state index contributed by atoms with van der Waals surface area (Å²) in [5.74, 6) is 0.779. The third kappa shape index (κ3) is 4.66. The molecule has 0 saturated carbocycles. The molecule has 2 N–H and O–H groups in total. The van der Waals surface area contributed by atoms with Gasteiger partial charge in [-0.15, -0.1) is 11.3 Å². The second-order valence-corrected chi connectivity index (χ2v) is 7.56. The number of fused-ring (bicyclic) bond motifs is 1. The van der Waals surface area contributed by atoms with Crippen LogP contribution in [-0.2, 0) is 4.79 Å². The molecule has 9 nitrogen and oxygen atoms in total. The van der Waals surface area contributed by atoms with Crippen LogP contribution in [0.5, 0.6) is 11.5 Å². The van der Waals surface area contributed by atoms with Gasteiger partial charge in [0.15, 0.2) is 11.5 Å². The van der Waals surface area contributed by atoms with Gasteiger partial charge >= 0.3 is 6.03 Å². The highest BCUT2D eigenvalue weighted by molar-refractivity contribution is 7.12. The molecule has 0 unspecified atom stereocenters. The summed E-state index contributed by atoms with van der Waals surface area (Å²) in [4.78, 5) is 41.0. The van der Waals surface area contributed by atoms with Crippen LogP contribution in [0.15, 0.2) is 35.7 Å². The van der Waals surface area contributed by atoms with Crippen LogP contribution in [0.1, 0.15) is 9.67 Å². The highest BCUT2D eigenvalue weighted by atomic mass is 32.1. The van der Waals surface area contributed by atoms with Gasteiger partial charge in [0.25, 0.3) is 5.91 Å². The van der Waals surface area contributed by atoms with Crippen molar-refractivity contribution in [2.45, 2.75) is 0 Å². The van der Waals surface area contributed by atoms with Gasteiger partial charge in [-0.05, 0) is 23.6 Å². The Labute approximate surface area is 171 Å². The van der Waals surface area contributed by atoms with Crippen LogP contribution in [0.4, 0.5) is 10.5 Å². The number of nitrogens with zero attached hydrogens (tertiary/aromatic N) is 2. The summed E-state index contributed by atoms with van der Waals surface area (Å²) < 4.78 is 10.5. The van der Waals surface area contributed by atoms with E-state index >= 15 is 0 Å². The summed E-state index contributed by atoms with van der Waals surface area (Å²) >= 11 is 1.42. The summed E-state index contributed by atoms with van der Waals surface area (Å²) in [5.41, 5.74) is 0.500. The SMILES string of the molecule is O=C(CN1CCN(C(=O)c2cccs2)CC1)NC(=O)Nc1ccc2c(c1)OCO2. The lowest BCUT2D eigenvalue weighted by atomic mass is 10.3. The van der Waals surface area contributed by atoms with Crippen LogP contribution in [0.3, 0.4) is 0 Å². The molecule has 4 rings (SSSR count). The minimum Gasteiger partial charge on any atom is -0.454 e. The number of piperazine rings is 1. The van der Waals surface area contributed by atoms with E-state index in [0.29, 0.717) is 43.4 Å². The lowest BCUT2D eigenvalue weighted by Crippen LogP contribution is -2.51. The number of amides is 4. The smallest absolute Gasteiger partial charge is 0.325 e. The fourth-order valence-electron chi connectivity index (χ4n) is 3.17. The minimum atomic E-state index is -0.611. The fourth-order valence-corrected chi connectivity index (χ4v) is 3.86. The Morgan fingerprint density at radius 2 is 1.83 bits per heavy atom. The predicted octanol–water partition coefficient (Wildman–Crippen LogP) is 1.58. The van der Waals surface area contributed by atoms with E-state index in [4.69, 9.17) is 9.47 Å². The van der Waals surface area contributed by atoms with Gasteiger partial charge in [-0.2, -0.15) is 0 Å². The normalized spacial score (nSPS) is 15.8. The fraction of sp³-hybridized carbons (Fsp3) is 0.316. The zero-order valence-electron chi connectivity index (χ0n) is 15.6. The number of hydrogen-bond acceptors (Lipinski definition) is 7. The van der Waals surface area contributed by atoms with Gasteiger partial charge in [-0.25, -0.2) is 4.79 Å². The maximum Gasteiger partial charge on any atom is 0.325 e. The average Bonchev–Trinajstić information content (AvgIpc) is 3.39. The highest BCUT2D eigenvalue weighted by Gasteiger charge is 2.24. The topological polar surface area (TPSA) is 100 Å². The van der Waals surface area contributed by atoms with E-state index in [1.54, 1.807) is 23.1 Å². The average molecular weight is 416 g/mol. The standard InChI is InChI=1S/C19H20N4O5S/c24-17(21-19(26)20-13-3-4-14-15(10-13)28-12-27-14)11-22-5-7-23(8-6-22)18(25)16-2-1-9-29-16/h1-4,9-10H,5-8,11-12H2,(H2,20,21,24,26). The summed E-state index contributed by atoms with van der Waals surface area (Å²) in [5, 5.41) is 6.80. The molecule has 1 aromatic carbocycles. The largest absolute Gasteiger partial charge is 0.454 e. The summed E-state index contributed by atoms with van der Waals surface area (Å²) in [7, 11) is 0. The summed E-state index contributed by atoms with van der Waals surface area (Å²) in [6.07, 6.45) is 0. The van der Waals surface area contributed by atoms with Crippen molar-refractivity contribution in [3.63, 3.8) is 0 Å². The molecule has 0 atom stereocenters. The number of urea groups is 1. The van der Waals surface area contributed by atoms with E-state index in [1.165, 1.54) is 11.3 Å². The number of benzene rings is 1. The predicted molar refractivity (Wildman–Crippen MR) is 106 cm³/mol. The van der Waals surface area contributed by atoms with E-state index in [9.17, 15) is 14.4 Å². The van der Waals surface area contributed by atoms with Crippen LogP contribution in [0, 0.1) is 0 Å². The van der Waals surface area contributed by atoms with Crippen molar-refractivity contribution in [3.8, 4) is 11.5 Å². The van der Waals surface area contributed by atoms with Gasteiger partial charge in [0.05, 0.1) is 11.4 Å². The molecule has 2 aliphatic heterocycles. The Bertz CT molecular complexity index is 909. The first kappa shape index (κ1) is 19.2. The number of carbonyl (C=O) groups excluding carboxylic acids is 3. The second-order valence-electron chi connectivity index (χ2n) is 6.62. The molecule has 0 radical (unpaired) electrons. The number of thiophene rings is 1.